The molecule has 1 aromatic heterocycles. The molecule has 0 unspecified atom stereocenters. The molecule has 0 bridgehead atoms. The molecule has 1 aromatic carbocycles. The number of nitrogens with zero attached hydrogens (tertiary/aromatic N) is 1. The molecule has 0 aliphatic rings. The van der Waals surface area contributed by atoms with Gasteiger partial charge in [0.05, 0.1) is 24.3 Å². The lowest BCUT2D eigenvalue weighted by atomic mass is 10.2. The zero-order chi connectivity index (χ0) is 12.8. The molecule has 4 heteroatoms. The van der Waals surface area contributed by atoms with Crippen LogP contribution in [0.15, 0.2) is 36.0 Å². The summed E-state index contributed by atoms with van der Waals surface area (Å²) in [6, 6.07) is 8.04. The highest BCUT2D eigenvalue weighted by Crippen LogP contribution is 2.25. The summed E-state index contributed by atoms with van der Waals surface area (Å²) in [5.74, 6) is 1.44. The van der Waals surface area contributed by atoms with E-state index in [-0.39, 0.29) is 0 Å². The van der Waals surface area contributed by atoms with E-state index in [0.717, 1.165) is 24.6 Å². The predicted molar refractivity (Wildman–Crippen MR) is 76.2 cm³/mol. The van der Waals surface area contributed by atoms with Gasteiger partial charge in [-0.05, 0) is 18.1 Å². The Morgan fingerprint density at radius 3 is 2.89 bits per heavy atom. The van der Waals surface area contributed by atoms with Crippen LogP contribution in [-0.4, -0.2) is 11.6 Å². The highest BCUT2D eigenvalue weighted by Gasteiger charge is 2.04. The monoisotopic (exact) mass is 262 g/mol. The van der Waals surface area contributed by atoms with Gasteiger partial charge in [0.15, 0.2) is 0 Å². The van der Waals surface area contributed by atoms with Crippen molar-refractivity contribution in [3.63, 3.8) is 0 Å². The fourth-order valence-electron chi connectivity index (χ4n) is 1.51. The fourth-order valence-corrected chi connectivity index (χ4v) is 2.04. The Balaban J connectivity index is 1.98. The van der Waals surface area contributed by atoms with Gasteiger partial charge in [-0.2, -0.15) is 0 Å². The maximum absolute atomic E-state index is 5.79. The van der Waals surface area contributed by atoms with E-state index in [1.54, 1.807) is 11.3 Å². The summed E-state index contributed by atoms with van der Waals surface area (Å²) in [6.07, 6.45) is 1.88. The SMILES string of the molecule is CC(C)COc1ccccc1NCc1cncs1. The quantitative estimate of drug-likeness (QED) is 0.860. The summed E-state index contributed by atoms with van der Waals surface area (Å²) in [7, 11) is 0. The van der Waals surface area contributed by atoms with Crippen LogP contribution >= 0.6 is 11.3 Å². The molecule has 18 heavy (non-hydrogen) atoms. The number of hydrogen-bond donors (Lipinski definition) is 1. The molecule has 0 saturated heterocycles. The molecule has 0 atom stereocenters. The second kappa shape index (κ2) is 6.40. The normalized spacial score (nSPS) is 10.6. The van der Waals surface area contributed by atoms with Crippen molar-refractivity contribution in [1.29, 1.82) is 0 Å². The van der Waals surface area contributed by atoms with E-state index in [9.17, 15) is 0 Å². The first-order chi connectivity index (χ1) is 8.75. The van der Waals surface area contributed by atoms with Crippen LogP contribution in [0, 0.1) is 5.92 Å². The van der Waals surface area contributed by atoms with Gasteiger partial charge < -0.3 is 10.1 Å². The number of hydrogen-bond acceptors (Lipinski definition) is 4. The first-order valence-corrected chi connectivity index (χ1v) is 6.96. The molecule has 2 aromatic rings. The smallest absolute Gasteiger partial charge is 0.142 e. The van der Waals surface area contributed by atoms with Gasteiger partial charge in [-0.25, -0.2) is 0 Å². The minimum Gasteiger partial charge on any atom is -0.491 e. The minimum absolute atomic E-state index is 0.527. The average Bonchev–Trinajstić information content (AvgIpc) is 2.88. The number of nitrogens with one attached hydrogen (secondary N) is 1. The van der Waals surface area contributed by atoms with E-state index in [2.05, 4.69) is 24.1 Å². The van der Waals surface area contributed by atoms with Crippen LogP contribution in [0.25, 0.3) is 0 Å². The third-order valence-corrected chi connectivity index (χ3v) is 3.18. The van der Waals surface area contributed by atoms with E-state index in [4.69, 9.17) is 4.74 Å². The van der Waals surface area contributed by atoms with Gasteiger partial charge in [0.2, 0.25) is 0 Å². The van der Waals surface area contributed by atoms with Gasteiger partial charge in [0, 0.05) is 11.1 Å². The van der Waals surface area contributed by atoms with Crippen LogP contribution in [0.5, 0.6) is 5.75 Å². The van der Waals surface area contributed by atoms with E-state index in [1.807, 2.05) is 36.0 Å². The van der Waals surface area contributed by atoms with Crippen LogP contribution in [-0.2, 0) is 6.54 Å². The summed E-state index contributed by atoms with van der Waals surface area (Å²) in [6.45, 7) is 5.81. The molecule has 0 fully saturated rings. The van der Waals surface area contributed by atoms with Crippen LogP contribution in [0.3, 0.4) is 0 Å². The molecule has 0 aliphatic carbocycles. The molecule has 0 spiro atoms. The maximum atomic E-state index is 5.79. The highest BCUT2D eigenvalue weighted by molar-refractivity contribution is 7.09. The molecule has 0 saturated carbocycles. The van der Waals surface area contributed by atoms with Gasteiger partial charge >= 0.3 is 0 Å². The minimum atomic E-state index is 0.527. The largest absolute Gasteiger partial charge is 0.491 e. The Bertz CT molecular complexity index is 468. The lowest BCUT2D eigenvalue weighted by Crippen LogP contribution is -2.07. The van der Waals surface area contributed by atoms with Gasteiger partial charge in [-0.1, -0.05) is 26.0 Å². The molecule has 3 nitrogen and oxygen atoms in total. The summed E-state index contributed by atoms with van der Waals surface area (Å²) in [4.78, 5) is 5.28. The Morgan fingerprint density at radius 2 is 2.17 bits per heavy atom. The van der Waals surface area contributed by atoms with E-state index < -0.39 is 0 Å². The molecule has 2 rings (SSSR count). The van der Waals surface area contributed by atoms with Crippen LogP contribution in [0.2, 0.25) is 0 Å². The van der Waals surface area contributed by atoms with Gasteiger partial charge in [0.1, 0.15) is 5.75 Å². The Kier molecular flexibility index (Phi) is 4.59. The lowest BCUT2D eigenvalue weighted by Gasteiger charge is -2.13. The van der Waals surface area contributed by atoms with Gasteiger partial charge in [-0.15, -0.1) is 11.3 Å². The number of para-hydroxylation sites is 2. The third-order valence-electron chi connectivity index (χ3n) is 2.40. The molecule has 0 radical (unpaired) electrons. The van der Waals surface area contributed by atoms with Crippen molar-refractivity contribution in [2.75, 3.05) is 11.9 Å². The Labute approximate surface area is 112 Å². The number of ether oxygens (including phenoxy) is 1. The first-order valence-electron chi connectivity index (χ1n) is 6.09. The first kappa shape index (κ1) is 12.9. The zero-order valence-electron chi connectivity index (χ0n) is 10.7. The highest BCUT2D eigenvalue weighted by atomic mass is 32.1. The van der Waals surface area contributed by atoms with Crippen LogP contribution in [0.1, 0.15) is 18.7 Å². The number of anilines is 1. The molecule has 0 amide bonds. The van der Waals surface area contributed by atoms with Crippen LogP contribution in [0.4, 0.5) is 5.69 Å². The summed E-state index contributed by atoms with van der Waals surface area (Å²) < 4.78 is 5.79. The molecule has 1 heterocycles. The van der Waals surface area contributed by atoms with Crippen molar-refractivity contribution in [3.8, 4) is 5.75 Å². The van der Waals surface area contributed by atoms with E-state index in [1.165, 1.54) is 4.88 Å². The van der Waals surface area contributed by atoms with Gasteiger partial charge in [0.25, 0.3) is 0 Å². The molecule has 96 valence electrons. The van der Waals surface area contributed by atoms with Crippen molar-refractivity contribution >= 4 is 17.0 Å². The predicted octanol–water partition coefficient (Wildman–Crippen LogP) is 3.79. The average molecular weight is 262 g/mol. The molecular weight excluding hydrogens is 244 g/mol. The van der Waals surface area contributed by atoms with Crippen molar-refractivity contribution in [3.05, 3.63) is 40.8 Å². The summed E-state index contributed by atoms with van der Waals surface area (Å²) in [5, 5.41) is 3.38. The Hall–Kier alpha value is -1.55. The van der Waals surface area contributed by atoms with E-state index >= 15 is 0 Å². The third kappa shape index (κ3) is 3.74. The zero-order valence-corrected chi connectivity index (χ0v) is 11.5. The topological polar surface area (TPSA) is 34.1 Å². The van der Waals surface area contributed by atoms with E-state index in [0.29, 0.717) is 5.92 Å². The second-order valence-corrected chi connectivity index (χ2v) is 5.49. The standard InChI is InChI=1S/C14H18N2OS/c1-11(2)9-17-14-6-4-3-5-13(14)16-8-12-7-15-10-18-12/h3-7,10-11,16H,8-9H2,1-2H3. The maximum Gasteiger partial charge on any atom is 0.142 e. The molecule has 0 aliphatic heterocycles. The van der Waals surface area contributed by atoms with Crippen LogP contribution < -0.4 is 10.1 Å². The van der Waals surface area contributed by atoms with Crippen molar-refractivity contribution in [2.24, 2.45) is 5.92 Å². The van der Waals surface area contributed by atoms with Gasteiger partial charge in [-0.3, -0.25) is 4.98 Å². The second-order valence-electron chi connectivity index (χ2n) is 4.52. The van der Waals surface area contributed by atoms with Crippen molar-refractivity contribution < 1.29 is 4.74 Å². The van der Waals surface area contributed by atoms with Crippen molar-refractivity contribution in [1.82, 2.24) is 4.98 Å². The lowest BCUT2D eigenvalue weighted by molar-refractivity contribution is 0.272. The summed E-state index contributed by atoms with van der Waals surface area (Å²) in [5.41, 5.74) is 2.88. The fraction of sp³-hybridized carbons (Fsp3) is 0.357. The molecular formula is C14H18N2OS. The summed E-state index contributed by atoms with van der Waals surface area (Å²) >= 11 is 1.65. The number of aromatic nitrogens is 1. The number of benzene rings is 1. The number of rotatable bonds is 6. The van der Waals surface area contributed by atoms with Crippen molar-refractivity contribution in [2.45, 2.75) is 20.4 Å². The number of thiazole rings is 1. The Morgan fingerprint density at radius 1 is 1.33 bits per heavy atom. The molecule has 1 N–H and O–H groups in total.